The molecule has 6 nitrogen and oxygen atoms in total. The van der Waals surface area contributed by atoms with Crippen LogP contribution < -0.4 is 4.74 Å². The molecule has 0 fully saturated rings. The molecule has 158 valence electrons. The Bertz CT molecular complexity index is 1060. The number of unbranched alkanes of at least 4 members (excludes halogenated alkanes) is 1. The number of nitro benzene ring substituents is 1. The van der Waals surface area contributed by atoms with Gasteiger partial charge in [0.1, 0.15) is 5.75 Å². The molecule has 0 N–H and O–H groups in total. The van der Waals surface area contributed by atoms with Crippen molar-refractivity contribution in [3.8, 4) is 16.9 Å². The van der Waals surface area contributed by atoms with Crippen LogP contribution in [0.5, 0.6) is 5.75 Å². The van der Waals surface area contributed by atoms with E-state index >= 15 is 0 Å². The van der Waals surface area contributed by atoms with Crippen molar-refractivity contribution in [2.45, 2.75) is 31.1 Å². The molecule has 3 aromatic carbocycles. The average molecular weight is 436 g/mol. The fraction of sp³-hybridized carbons (Fsp3) is 0.167. The summed E-state index contributed by atoms with van der Waals surface area (Å²) in [5.41, 5.74) is 2.40. The van der Waals surface area contributed by atoms with E-state index in [1.807, 2.05) is 31.2 Å². The number of carbonyl (C=O) groups is 2. The van der Waals surface area contributed by atoms with Crippen molar-refractivity contribution in [1.29, 1.82) is 0 Å². The summed E-state index contributed by atoms with van der Waals surface area (Å²) in [6.07, 6.45) is 2.16. The maximum atomic E-state index is 12.5. The Morgan fingerprint density at radius 3 is 2.03 bits per heavy atom. The van der Waals surface area contributed by atoms with E-state index in [0.717, 1.165) is 35.7 Å². The Balaban J connectivity index is 1.62. The summed E-state index contributed by atoms with van der Waals surface area (Å²) in [7, 11) is 0. The second kappa shape index (κ2) is 10.5. The van der Waals surface area contributed by atoms with Crippen LogP contribution in [0.1, 0.15) is 36.5 Å². The van der Waals surface area contributed by atoms with E-state index in [0.29, 0.717) is 22.6 Å². The van der Waals surface area contributed by atoms with Gasteiger partial charge in [-0.25, -0.2) is 0 Å². The van der Waals surface area contributed by atoms with Gasteiger partial charge in [0.25, 0.3) is 5.69 Å². The summed E-state index contributed by atoms with van der Waals surface area (Å²) in [6.45, 7) is 2.02. The van der Waals surface area contributed by atoms with Crippen LogP contribution in [0.3, 0.4) is 0 Å². The van der Waals surface area contributed by atoms with E-state index in [9.17, 15) is 19.7 Å². The van der Waals surface area contributed by atoms with Crippen LogP contribution in [0, 0.1) is 10.1 Å². The zero-order valence-corrected chi connectivity index (χ0v) is 17.8. The maximum Gasteiger partial charge on any atom is 0.311 e. The van der Waals surface area contributed by atoms with Crippen molar-refractivity contribution >= 4 is 28.5 Å². The summed E-state index contributed by atoms with van der Waals surface area (Å²) < 4.78 is 5.31. The van der Waals surface area contributed by atoms with Gasteiger partial charge in [-0.1, -0.05) is 37.6 Å². The van der Waals surface area contributed by atoms with Crippen molar-refractivity contribution < 1.29 is 19.2 Å². The number of hydrogen-bond donors (Lipinski definition) is 0. The zero-order valence-electron chi connectivity index (χ0n) is 16.9. The molecule has 31 heavy (non-hydrogen) atoms. The van der Waals surface area contributed by atoms with Crippen molar-refractivity contribution in [3.05, 3.63) is 88.5 Å². The number of rotatable bonds is 8. The second-order valence-corrected chi connectivity index (χ2v) is 7.87. The number of esters is 1. The van der Waals surface area contributed by atoms with Crippen molar-refractivity contribution in [2.75, 3.05) is 0 Å². The van der Waals surface area contributed by atoms with Gasteiger partial charge in [0.2, 0.25) is 5.12 Å². The lowest BCUT2D eigenvalue weighted by Gasteiger charge is -2.07. The minimum absolute atomic E-state index is 0.0112. The molecule has 0 heterocycles. The SMILES string of the molecule is CCCCC(=O)Oc1ccc(-c2ccc(C(=O)Sc3ccc([N+](=O)[O-])cc3)cc2)cc1. The smallest absolute Gasteiger partial charge is 0.311 e. The second-order valence-electron chi connectivity index (χ2n) is 6.82. The third-order valence-electron chi connectivity index (χ3n) is 4.53. The van der Waals surface area contributed by atoms with E-state index in [1.165, 1.54) is 12.1 Å². The quantitative estimate of drug-likeness (QED) is 0.136. The Labute approximate surface area is 184 Å². The summed E-state index contributed by atoms with van der Waals surface area (Å²) in [5.74, 6) is 0.277. The highest BCUT2D eigenvalue weighted by Gasteiger charge is 2.11. The van der Waals surface area contributed by atoms with Crippen molar-refractivity contribution in [1.82, 2.24) is 0 Å². The molecular weight excluding hydrogens is 414 g/mol. The Morgan fingerprint density at radius 1 is 0.903 bits per heavy atom. The lowest BCUT2D eigenvalue weighted by atomic mass is 10.0. The number of carbonyl (C=O) groups excluding carboxylic acids is 2. The zero-order chi connectivity index (χ0) is 22.2. The molecule has 0 aromatic heterocycles. The fourth-order valence-electron chi connectivity index (χ4n) is 2.82. The molecule has 0 unspecified atom stereocenters. The van der Waals surface area contributed by atoms with Crippen molar-refractivity contribution in [3.63, 3.8) is 0 Å². The lowest BCUT2D eigenvalue weighted by molar-refractivity contribution is -0.384. The maximum absolute atomic E-state index is 12.5. The third-order valence-corrected chi connectivity index (χ3v) is 5.46. The molecular formula is C24H21NO5S. The molecule has 0 atom stereocenters. The van der Waals surface area contributed by atoms with Crippen molar-refractivity contribution in [2.24, 2.45) is 0 Å². The van der Waals surface area contributed by atoms with E-state index in [-0.39, 0.29) is 16.8 Å². The number of non-ortho nitro benzene ring substituents is 1. The molecule has 0 saturated carbocycles. The minimum atomic E-state index is -0.474. The largest absolute Gasteiger partial charge is 0.427 e. The normalized spacial score (nSPS) is 10.5. The first-order chi connectivity index (χ1) is 15.0. The third kappa shape index (κ3) is 6.26. The van der Waals surface area contributed by atoms with Gasteiger partial charge in [0.15, 0.2) is 0 Å². The first kappa shape index (κ1) is 22.2. The van der Waals surface area contributed by atoms with Gasteiger partial charge >= 0.3 is 5.97 Å². The Kier molecular flexibility index (Phi) is 7.56. The van der Waals surface area contributed by atoms with Gasteiger partial charge in [-0.15, -0.1) is 0 Å². The minimum Gasteiger partial charge on any atom is -0.427 e. The highest BCUT2D eigenvalue weighted by molar-refractivity contribution is 8.14. The van der Waals surface area contributed by atoms with Crippen LogP contribution in [0.15, 0.2) is 77.7 Å². The molecule has 0 spiro atoms. The molecule has 0 aliphatic carbocycles. The van der Waals surface area contributed by atoms with E-state index in [2.05, 4.69) is 0 Å². The summed E-state index contributed by atoms with van der Waals surface area (Å²) >= 11 is 1.02. The summed E-state index contributed by atoms with van der Waals surface area (Å²) in [5, 5.41) is 10.6. The monoisotopic (exact) mass is 435 g/mol. The number of nitrogens with zero attached hydrogens (tertiary/aromatic N) is 1. The number of thioether (sulfide) groups is 1. The predicted molar refractivity (Wildman–Crippen MR) is 120 cm³/mol. The van der Waals surface area contributed by atoms with Gasteiger partial charge in [-0.2, -0.15) is 0 Å². The molecule has 3 rings (SSSR count). The fourth-order valence-corrected chi connectivity index (χ4v) is 3.56. The highest BCUT2D eigenvalue weighted by Crippen LogP contribution is 2.27. The molecule has 0 saturated heterocycles. The van der Waals surface area contributed by atoms with Crippen LogP contribution in [0.2, 0.25) is 0 Å². The van der Waals surface area contributed by atoms with Crippen LogP contribution in [-0.4, -0.2) is 16.0 Å². The van der Waals surface area contributed by atoms with E-state index < -0.39 is 4.92 Å². The van der Waals surface area contributed by atoms with Gasteiger partial charge in [-0.05, 0) is 65.7 Å². The number of benzene rings is 3. The molecule has 0 radical (unpaired) electrons. The van der Waals surface area contributed by atoms with Gasteiger partial charge in [0.05, 0.1) is 4.92 Å². The van der Waals surface area contributed by atoms with Crippen LogP contribution in [-0.2, 0) is 4.79 Å². The van der Waals surface area contributed by atoms with Gasteiger partial charge in [0, 0.05) is 29.0 Å². The molecule has 3 aromatic rings. The van der Waals surface area contributed by atoms with Gasteiger partial charge in [-0.3, -0.25) is 19.7 Å². The standard InChI is InChI=1S/C24H21NO5S/c1-2-3-4-23(26)30-21-13-9-18(10-14-21)17-5-7-19(8-6-17)24(27)31-22-15-11-20(12-16-22)25(28)29/h5-16H,2-4H2,1H3. The summed E-state index contributed by atoms with van der Waals surface area (Å²) in [4.78, 5) is 35.1. The predicted octanol–water partition coefficient (Wildman–Crippen LogP) is 6.29. The molecule has 0 bridgehead atoms. The molecule has 0 aliphatic heterocycles. The average Bonchev–Trinajstić information content (AvgIpc) is 2.78. The number of ether oxygens (including phenoxy) is 1. The molecule has 7 heteroatoms. The molecule has 0 amide bonds. The van der Waals surface area contributed by atoms with Crippen LogP contribution in [0.25, 0.3) is 11.1 Å². The lowest BCUT2D eigenvalue weighted by Crippen LogP contribution is -2.07. The number of nitro groups is 1. The highest BCUT2D eigenvalue weighted by atomic mass is 32.2. The van der Waals surface area contributed by atoms with Gasteiger partial charge < -0.3 is 4.74 Å². The van der Waals surface area contributed by atoms with E-state index in [4.69, 9.17) is 4.74 Å². The first-order valence-electron chi connectivity index (χ1n) is 9.84. The van der Waals surface area contributed by atoms with Crippen LogP contribution >= 0.6 is 11.8 Å². The van der Waals surface area contributed by atoms with Crippen LogP contribution in [0.4, 0.5) is 5.69 Å². The first-order valence-corrected chi connectivity index (χ1v) is 10.7. The summed E-state index contributed by atoms with van der Waals surface area (Å²) in [6, 6.07) is 20.3. The molecule has 0 aliphatic rings. The number of hydrogen-bond acceptors (Lipinski definition) is 6. The Hall–Kier alpha value is -3.45. The Morgan fingerprint density at radius 2 is 1.48 bits per heavy atom. The topological polar surface area (TPSA) is 86.5 Å². The van der Waals surface area contributed by atoms with E-state index in [1.54, 1.807) is 36.4 Å².